The monoisotopic (exact) mass is 428 g/mol. The highest BCUT2D eigenvalue weighted by Gasteiger charge is 2.61. The summed E-state index contributed by atoms with van der Waals surface area (Å²) in [6.45, 7) is 6.93. The maximum atomic E-state index is 14.1. The molecular formula is C29H36N2O. The number of carbonyl (C=O) groups is 1. The molecule has 1 heterocycles. The molecule has 1 amide bonds. The van der Waals surface area contributed by atoms with E-state index in [1.165, 1.54) is 36.0 Å². The van der Waals surface area contributed by atoms with Gasteiger partial charge in [-0.2, -0.15) is 0 Å². The van der Waals surface area contributed by atoms with Crippen molar-refractivity contribution in [2.75, 3.05) is 26.2 Å². The smallest absolute Gasteiger partial charge is 0.228 e. The third-order valence-corrected chi connectivity index (χ3v) is 9.09. The average Bonchev–Trinajstić information content (AvgIpc) is 2.79. The molecule has 32 heavy (non-hydrogen) atoms. The van der Waals surface area contributed by atoms with Crippen molar-refractivity contribution in [3.8, 4) is 0 Å². The molecule has 2 aromatic rings. The summed E-state index contributed by atoms with van der Waals surface area (Å²) < 4.78 is 0. The minimum absolute atomic E-state index is 0.101. The van der Waals surface area contributed by atoms with Crippen LogP contribution < -0.4 is 0 Å². The van der Waals surface area contributed by atoms with Gasteiger partial charge in [-0.3, -0.25) is 9.69 Å². The van der Waals surface area contributed by atoms with Crippen molar-refractivity contribution >= 4 is 5.91 Å². The van der Waals surface area contributed by atoms with Crippen LogP contribution in [-0.2, 0) is 16.8 Å². The Morgan fingerprint density at radius 2 is 1.53 bits per heavy atom. The van der Waals surface area contributed by atoms with E-state index in [1.54, 1.807) is 0 Å². The van der Waals surface area contributed by atoms with E-state index in [4.69, 9.17) is 0 Å². The molecule has 1 aliphatic heterocycles. The second kappa shape index (κ2) is 7.73. The molecule has 0 N–H and O–H groups in total. The molecule has 2 unspecified atom stereocenters. The molecule has 0 spiro atoms. The van der Waals surface area contributed by atoms with Crippen LogP contribution in [0.1, 0.15) is 55.2 Å². The summed E-state index contributed by atoms with van der Waals surface area (Å²) in [5.74, 6) is 1.96. The molecule has 3 heteroatoms. The van der Waals surface area contributed by atoms with Gasteiger partial charge in [-0.15, -0.1) is 0 Å². The van der Waals surface area contributed by atoms with E-state index in [9.17, 15) is 4.79 Å². The Morgan fingerprint density at radius 3 is 2.19 bits per heavy atom. The fourth-order valence-electron chi connectivity index (χ4n) is 8.04. The number of hydrogen-bond donors (Lipinski definition) is 0. The maximum Gasteiger partial charge on any atom is 0.228 e. The van der Waals surface area contributed by atoms with Gasteiger partial charge in [0.15, 0.2) is 0 Å². The zero-order chi connectivity index (χ0) is 21.8. The van der Waals surface area contributed by atoms with E-state index in [2.05, 4.69) is 71.3 Å². The predicted molar refractivity (Wildman–Crippen MR) is 128 cm³/mol. The van der Waals surface area contributed by atoms with Gasteiger partial charge in [0.05, 0.1) is 5.41 Å². The molecule has 1 saturated heterocycles. The van der Waals surface area contributed by atoms with E-state index < -0.39 is 0 Å². The maximum absolute atomic E-state index is 14.1. The normalized spacial score (nSPS) is 34.1. The Balaban J connectivity index is 1.18. The summed E-state index contributed by atoms with van der Waals surface area (Å²) in [6, 6.07) is 20.0. The number of rotatable bonds is 4. The first-order valence-corrected chi connectivity index (χ1v) is 12.7. The molecule has 168 valence electrons. The van der Waals surface area contributed by atoms with Crippen LogP contribution in [0.4, 0.5) is 0 Å². The van der Waals surface area contributed by atoms with Crippen molar-refractivity contribution < 1.29 is 4.79 Å². The zero-order valence-electron chi connectivity index (χ0n) is 19.4. The largest absolute Gasteiger partial charge is 0.340 e. The van der Waals surface area contributed by atoms with Crippen LogP contribution in [0, 0.1) is 24.2 Å². The lowest BCUT2D eigenvalue weighted by Gasteiger charge is -2.62. The molecular weight excluding hydrogens is 392 g/mol. The summed E-state index contributed by atoms with van der Waals surface area (Å²) in [5.41, 5.74) is 4.34. The number of nitrogens with zero attached hydrogens (tertiary/aromatic N) is 2. The van der Waals surface area contributed by atoms with Crippen molar-refractivity contribution in [1.82, 2.24) is 9.80 Å². The topological polar surface area (TPSA) is 23.6 Å². The highest BCUT2D eigenvalue weighted by atomic mass is 16.2. The van der Waals surface area contributed by atoms with Crippen LogP contribution in [0.15, 0.2) is 54.6 Å². The van der Waals surface area contributed by atoms with E-state index in [-0.39, 0.29) is 10.8 Å². The van der Waals surface area contributed by atoms with Crippen LogP contribution >= 0.6 is 0 Å². The molecule has 3 nitrogen and oxygen atoms in total. The van der Waals surface area contributed by atoms with E-state index in [1.807, 2.05) is 0 Å². The second-order valence-electron chi connectivity index (χ2n) is 11.4. The Labute approximate surface area is 192 Å². The average molecular weight is 429 g/mol. The lowest BCUT2D eigenvalue weighted by Crippen LogP contribution is -2.61. The van der Waals surface area contributed by atoms with Gasteiger partial charge in [0.25, 0.3) is 0 Å². The van der Waals surface area contributed by atoms with Gasteiger partial charge < -0.3 is 4.90 Å². The summed E-state index contributed by atoms with van der Waals surface area (Å²) in [4.78, 5) is 18.8. The number of amides is 1. The highest BCUT2D eigenvalue weighted by molar-refractivity contribution is 5.84. The molecule has 4 aliphatic carbocycles. The van der Waals surface area contributed by atoms with Gasteiger partial charge in [0.2, 0.25) is 5.91 Å². The fourth-order valence-corrected chi connectivity index (χ4v) is 8.04. The van der Waals surface area contributed by atoms with Crippen LogP contribution in [0.5, 0.6) is 0 Å². The summed E-state index contributed by atoms with van der Waals surface area (Å²) in [7, 11) is 0. The molecule has 5 aliphatic rings. The van der Waals surface area contributed by atoms with Crippen molar-refractivity contribution in [2.24, 2.45) is 17.3 Å². The highest BCUT2D eigenvalue weighted by Crippen LogP contribution is 2.66. The van der Waals surface area contributed by atoms with E-state index >= 15 is 0 Å². The molecule has 0 aromatic heterocycles. The second-order valence-corrected chi connectivity index (χ2v) is 11.4. The molecule has 4 bridgehead atoms. The van der Waals surface area contributed by atoms with Gasteiger partial charge in [-0.05, 0) is 73.8 Å². The first kappa shape index (κ1) is 20.5. The summed E-state index contributed by atoms with van der Waals surface area (Å²) in [6.07, 6.45) is 7.31. The zero-order valence-corrected chi connectivity index (χ0v) is 19.4. The molecule has 0 radical (unpaired) electrons. The first-order chi connectivity index (χ1) is 15.5. The number of benzene rings is 2. The molecule has 7 rings (SSSR count). The summed E-state index contributed by atoms with van der Waals surface area (Å²) in [5, 5.41) is 0. The van der Waals surface area contributed by atoms with Crippen LogP contribution in [0.2, 0.25) is 0 Å². The van der Waals surface area contributed by atoms with Crippen molar-refractivity contribution in [1.29, 1.82) is 0 Å². The van der Waals surface area contributed by atoms with E-state index in [0.29, 0.717) is 5.91 Å². The Morgan fingerprint density at radius 1 is 0.875 bits per heavy atom. The van der Waals surface area contributed by atoms with Crippen molar-refractivity contribution in [2.45, 2.75) is 57.4 Å². The van der Waals surface area contributed by atoms with Crippen molar-refractivity contribution in [3.05, 3.63) is 71.3 Å². The number of hydrogen-bond acceptors (Lipinski definition) is 2. The third-order valence-electron chi connectivity index (χ3n) is 9.09. The molecule has 5 fully saturated rings. The van der Waals surface area contributed by atoms with Gasteiger partial charge in [0.1, 0.15) is 0 Å². The SMILES string of the molecule is Cc1ccc(C23C[C@@H]4C[C@@H](CC(C(=O)N5CCN(Cc6ccccc6)CC5)(C4)C2)C3)cc1. The fraction of sp³-hybridized carbons (Fsp3) is 0.552. The number of piperazine rings is 1. The first-order valence-electron chi connectivity index (χ1n) is 12.7. The van der Waals surface area contributed by atoms with E-state index in [0.717, 1.165) is 63.8 Å². The van der Waals surface area contributed by atoms with Crippen LogP contribution in [0.25, 0.3) is 0 Å². The number of aryl methyl sites for hydroxylation is 1. The van der Waals surface area contributed by atoms with Gasteiger partial charge >= 0.3 is 0 Å². The lowest BCUT2D eigenvalue weighted by atomic mass is 9.42. The van der Waals surface area contributed by atoms with Crippen LogP contribution in [-0.4, -0.2) is 41.9 Å². The lowest BCUT2D eigenvalue weighted by molar-refractivity contribution is -0.162. The Kier molecular flexibility index (Phi) is 4.94. The van der Waals surface area contributed by atoms with Gasteiger partial charge in [-0.25, -0.2) is 0 Å². The predicted octanol–water partition coefficient (Wildman–Crippen LogP) is 5.18. The Bertz CT molecular complexity index is 960. The van der Waals surface area contributed by atoms with Gasteiger partial charge in [0, 0.05) is 32.7 Å². The quantitative estimate of drug-likeness (QED) is 0.670. The molecule has 2 aromatic carbocycles. The molecule has 4 atom stereocenters. The standard InChI is InChI=1S/C29H36N2O/c1-22-7-9-26(10-8-22)28-16-24-15-25(17-28)19-29(18-24,21-28)27(32)31-13-11-30(12-14-31)20-23-5-3-2-4-6-23/h2-10,24-25H,11-21H2,1H3/t24-,25+,28?,29?. The minimum Gasteiger partial charge on any atom is -0.340 e. The minimum atomic E-state index is -0.101. The Hall–Kier alpha value is -2.13. The summed E-state index contributed by atoms with van der Waals surface area (Å²) >= 11 is 0. The molecule has 4 saturated carbocycles. The van der Waals surface area contributed by atoms with Crippen LogP contribution in [0.3, 0.4) is 0 Å². The number of carbonyl (C=O) groups excluding carboxylic acids is 1. The van der Waals surface area contributed by atoms with Crippen molar-refractivity contribution in [3.63, 3.8) is 0 Å². The third kappa shape index (κ3) is 3.50. The van der Waals surface area contributed by atoms with Gasteiger partial charge in [-0.1, -0.05) is 60.2 Å².